The molecule has 1 aliphatic rings. The van der Waals surface area contributed by atoms with Crippen LogP contribution in [-0.4, -0.2) is 41.4 Å². The van der Waals surface area contributed by atoms with Gasteiger partial charge in [0.1, 0.15) is 16.4 Å². The van der Waals surface area contributed by atoms with E-state index in [1.807, 2.05) is 12.1 Å². The first-order chi connectivity index (χ1) is 13.2. The summed E-state index contributed by atoms with van der Waals surface area (Å²) in [6, 6.07) is 8.32. The largest absolute Gasteiger partial charge is 0.497 e. The molecule has 3 heterocycles. The predicted molar refractivity (Wildman–Crippen MR) is 111 cm³/mol. The van der Waals surface area contributed by atoms with Gasteiger partial charge >= 0.3 is 0 Å². The second-order valence-corrected chi connectivity index (χ2v) is 7.93. The maximum atomic E-state index is 9.50. The average molecular weight is 404 g/mol. The van der Waals surface area contributed by atoms with Crippen molar-refractivity contribution in [2.24, 2.45) is 0 Å². The van der Waals surface area contributed by atoms with Gasteiger partial charge in [0.25, 0.3) is 0 Å². The molecule has 1 aliphatic heterocycles. The van der Waals surface area contributed by atoms with Crippen LogP contribution in [0, 0.1) is 0 Å². The summed E-state index contributed by atoms with van der Waals surface area (Å²) in [5.41, 5.74) is 2.21. The normalized spacial score (nSPS) is 17.4. The van der Waals surface area contributed by atoms with Gasteiger partial charge in [0, 0.05) is 30.1 Å². The minimum Gasteiger partial charge on any atom is -0.497 e. The highest BCUT2D eigenvalue weighted by Gasteiger charge is 2.27. The SMILES string of the molecule is COc1ccc(-c2csc3nc(Cl)nc(N4CCCCC4CCO)c23)cc1. The van der Waals surface area contributed by atoms with Crippen molar-refractivity contribution in [1.29, 1.82) is 0 Å². The summed E-state index contributed by atoms with van der Waals surface area (Å²) in [5.74, 6) is 1.71. The van der Waals surface area contributed by atoms with Gasteiger partial charge in [-0.25, -0.2) is 4.98 Å². The van der Waals surface area contributed by atoms with Crippen LogP contribution in [-0.2, 0) is 0 Å². The number of aliphatic hydroxyl groups excluding tert-OH is 1. The zero-order chi connectivity index (χ0) is 18.8. The van der Waals surface area contributed by atoms with Gasteiger partial charge in [0.05, 0.1) is 12.5 Å². The Morgan fingerprint density at radius 2 is 2.07 bits per heavy atom. The van der Waals surface area contributed by atoms with Crippen LogP contribution in [0.1, 0.15) is 25.7 Å². The molecule has 7 heteroatoms. The summed E-state index contributed by atoms with van der Waals surface area (Å²) in [6.07, 6.45) is 4.10. The second kappa shape index (κ2) is 8.00. The zero-order valence-corrected chi connectivity index (χ0v) is 16.8. The number of fused-ring (bicyclic) bond motifs is 1. The van der Waals surface area contributed by atoms with E-state index in [0.717, 1.165) is 58.7 Å². The smallest absolute Gasteiger partial charge is 0.225 e. The van der Waals surface area contributed by atoms with E-state index in [4.69, 9.17) is 16.3 Å². The lowest BCUT2D eigenvalue weighted by Gasteiger charge is -2.37. The van der Waals surface area contributed by atoms with Crippen molar-refractivity contribution in [3.8, 4) is 16.9 Å². The summed E-state index contributed by atoms with van der Waals surface area (Å²) < 4.78 is 5.28. The number of benzene rings is 1. The maximum absolute atomic E-state index is 9.50. The number of aliphatic hydroxyl groups is 1. The summed E-state index contributed by atoms with van der Waals surface area (Å²) >= 11 is 7.84. The van der Waals surface area contributed by atoms with E-state index in [1.54, 1.807) is 18.4 Å². The van der Waals surface area contributed by atoms with Crippen molar-refractivity contribution in [3.63, 3.8) is 0 Å². The first-order valence-corrected chi connectivity index (χ1v) is 10.4. The molecule has 142 valence electrons. The van der Waals surface area contributed by atoms with Gasteiger partial charge < -0.3 is 14.7 Å². The summed E-state index contributed by atoms with van der Waals surface area (Å²) in [7, 11) is 1.67. The highest BCUT2D eigenvalue weighted by atomic mass is 35.5. The number of nitrogens with zero attached hydrogens (tertiary/aromatic N) is 3. The molecule has 0 saturated carbocycles. The predicted octanol–water partition coefficient (Wildman–Crippen LogP) is 4.76. The fourth-order valence-electron chi connectivity index (χ4n) is 3.82. The Morgan fingerprint density at radius 1 is 1.26 bits per heavy atom. The second-order valence-electron chi connectivity index (χ2n) is 6.73. The first-order valence-electron chi connectivity index (χ1n) is 9.18. The minimum atomic E-state index is 0.179. The van der Waals surface area contributed by atoms with Gasteiger partial charge in [-0.2, -0.15) is 4.98 Å². The summed E-state index contributed by atoms with van der Waals surface area (Å²) in [5, 5.41) is 12.9. The minimum absolute atomic E-state index is 0.179. The molecule has 27 heavy (non-hydrogen) atoms. The van der Waals surface area contributed by atoms with Gasteiger partial charge in [0.2, 0.25) is 5.28 Å². The van der Waals surface area contributed by atoms with Gasteiger partial charge in [-0.05, 0) is 55.0 Å². The van der Waals surface area contributed by atoms with Gasteiger partial charge in [-0.1, -0.05) is 12.1 Å². The van der Waals surface area contributed by atoms with E-state index in [0.29, 0.717) is 0 Å². The molecule has 0 bridgehead atoms. The summed E-state index contributed by atoms with van der Waals surface area (Å²) in [6.45, 7) is 1.10. The number of methoxy groups -OCH3 is 1. The maximum Gasteiger partial charge on any atom is 0.225 e. The molecule has 1 aromatic carbocycles. The number of hydrogen-bond acceptors (Lipinski definition) is 6. The lowest BCUT2D eigenvalue weighted by molar-refractivity contribution is 0.262. The highest BCUT2D eigenvalue weighted by Crippen LogP contribution is 2.41. The Kier molecular flexibility index (Phi) is 5.48. The van der Waals surface area contributed by atoms with Crippen LogP contribution >= 0.6 is 22.9 Å². The Morgan fingerprint density at radius 3 is 2.81 bits per heavy atom. The number of piperidine rings is 1. The molecule has 3 aromatic rings. The molecular weight excluding hydrogens is 382 g/mol. The van der Waals surface area contributed by atoms with Gasteiger partial charge in [-0.3, -0.25) is 0 Å². The molecule has 0 aliphatic carbocycles. The Hall–Kier alpha value is -1.89. The molecule has 0 radical (unpaired) electrons. The van der Waals surface area contributed by atoms with Crippen LogP contribution in [0.5, 0.6) is 5.75 Å². The van der Waals surface area contributed by atoms with Crippen LogP contribution in [0.3, 0.4) is 0 Å². The lowest BCUT2D eigenvalue weighted by Crippen LogP contribution is -2.40. The van der Waals surface area contributed by atoms with Gasteiger partial charge in [-0.15, -0.1) is 11.3 Å². The number of thiophene rings is 1. The summed E-state index contributed by atoms with van der Waals surface area (Å²) in [4.78, 5) is 12.3. The van der Waals surface area contributed by atoms with Crippen molar-refractivity contribution >= 4 is 39.0 Å². The van der Waals surface area contributed by atoms with E-state index in [9.17, 15) is 5.11 Å². The average Bonchev–Trinajstić information content (AvgIpc) is 3.12. The quantitative estimate of drug-likeness (QED) is 0.622. The molecule has 1 unspecified atom stereocenters. The fraction of sp³-hybridized carbons (Fsp3) is 0.400. The van der Waals surface area contributed by atoms with E-state index in [-0.39, 0.29) is 17.9 Å². The molecule has 1 atom stereocenters. The number of hydrogen-bond donors (Lipinski definition) is 1. The molecule has 1 saturated heterocycles. The molecule has 1 N–H and O–H groups in total. The standard InChI is InChI=1S/C20H22ClN3O2S/c1-26-15-7-5-13(6-8-15)16-12-27-19-17(16)18(22-20(21)23-19)24-10-3-2-4-14(24)9-11-25/h5-8,12,14,25H,2-4,9-11H2,1H3. The Labute approximate surface area is 167 Å². The third kappa shape index (κ3) is 3.61. The van der Waals surface area contributed by atoms with E-state index in [2.05, 4.69) is 32.4 Å². The topological polar surface area (TPSA) is 58.5 Å². The van der Waals surface area contributed by atoms with Gasteiger partial charge in [0.15, 0.2) is 0 Å². The molecule has 0 spiro atoms. The number of anilines is 1. The van der Waals surface area contributed by atoms with Crippen LogP contribution < -0.4 is 9.64 Å². The third-order valence-electron chi connectivity index (χ3n) is 5.15. The molecule has 5 nitrogen and oxygen atoms in total. The number of halogens is 1. The first kappa shape index (κ1) is 18.5. The zero-order valence-electron chi connectivity index (χ0n) is 15.2. The molecule has 0 amide bonds. The number of rotatable bonds is 5. The molecule has 2 aromatic heterocycles. The van der Waals surface area contributed by atoms with Crippen molar-refractivity contribution in [1.82, 2.24) is 9.97 Å². The molecular formula is C20H22ClN3O2S. The highest BCUT2D eigenvalue weighted by molar-refractivity contribution is 7.17. The van der Waals surface area contributed by atoms with E-state index in [1.165, 1.54) is 6.42 Å². The van der Waals surface area contributed by atoms with Crippen LogP contribution in [0.25, 0.3) is 21.3 Å². The van der Waals surface area contributed by atoms with Crippen molar-refractivity contribution < 1.29 is 9.84 Å². The molecule has 4 rings (SSSR count). The molecule has 1 fully saturated rings. The van der Waals surface area contributed by atoms with Crippen molar-refractivity contribution in [2.75, 3.05) is 25.2 Å². The van der Waals surface area contributed by atoms with Crippen molar-refractivity contribution in [2.45, 2.75) is 31.7 Å². The fourth-order valence-corrected chi connectivity index (χ4v) is 4.97. The Bertz CT molecular complexity index is 927. The van der Waals surface area contributed by atoms with E-state index >= 15 is 0 Å². The van der Waals surface area contributed by atoms with Crippen LogP contribution in [0.4, 0.5) is 5.82 Å². The van der Waals surface area contributed by atoms with E-state index < -0.39 is 0 Å². The number of aromatic nitrogens is 2. The van der Waals surface area contributed by atoms with Crippen LogP contribution in [0.2, 0.25) is 5.28 Å². The lowest BCUT2D eigenvalue weighted by atomic mass is 9.98. The third-order valence-corrected chi connectivity index (χ3v) is 6.19. The van der Waals surface area contributed by atoms with Crippen LogP contribution in [0.15, 0.2) is 29.6 Å². The monoisotopic (exact) mass is 403 g/mol. The number of ether oxygens (including phenoxy) is 1. The van der Waals surface area contributed by atoms with Crippen molar-refractivity contribution in [3.05, 3.63) is 34.9 Å². The Balaban J connectivity index is 1.85.